The Morgan fingerprint density at radius 1 is 1.32 bits per heavy atom. The zero-order valence-electron chi connectivity index (χ0n) is 10.7. The lowest BCUT2D eigenvalue weighted by atomic mass is 10.4. The summed E-state index contributed by atoms with van der Waals surface area (Å²) in [6.07, 6.45) is 1.09. The van der Waals surface area contributed by atoms with Gasteiger partial charge in [-0.25, -0.2) is 0 Å². The average molecular weight is 298 g/mol. The second-order valence-electron chi connectivity index (χ2n) is 4.02. The van der Waals surface area contributed by atoms with E-state index < -0.39 is 0 Å². The van der Waals surface area contributed by atoms with Crippen molar-refractivity contribution in [1.29, 1.82) is 0 Å². The first-order chi connectivity index (χ1) is 9.28. The van der Waals surface area contributed by atoms with Crippen LogP contribution in [0.15, 0.2) is 33.7 Å². The van der Waals surface area contributed by atoms with Crippen molar-refractivity contribution in [3.05, 3.63) is 41.0 Å². The molecule has 1 aromatic carbocycles. The Hall–Kier alpha value is -1.04. The van der Waals surface area contributed by atoms with Crippen molar-refractivity contribution in [2.75, 3.05) is 6.54 Å². The topological polar surface area (TPSA) is 51.0 Å². The van der Waals surface area contributed by atoms with Crippen molar-refractivity contribution in [2.45, 2.75) is 30.5 Å². The summed E-state index contributed by atoms with van der Waals surface area (Å²) in [6.45, 7) is 3.71. The number of halogens is 1. The number of rotatable bonds is 7. The standard InChI is InChI=1S/C13H16ClN3OS/c1-2-7-15-8-13-16-12(17-18-13)9-19-11-5-3-10(14)4-6-11/h3-6,15H,2,7-9H2,1H3. The van der Waals surface area contributed by atoms with Crippen molar-refractivity contribution < 1.29 is 4.52 Å². The van der Waals surface area contributed by atoms with Gasteiger partial charge in [0.25, 0.3) is 0 Å². The Balaban J connectivity index is 1.81. The van der Waals surface area contributed by atoms with E-state index in [4.69, 9.17) is 16.1 Å². The molecule has 0 saturated carbocycles. The predicted molar refractivity (Wildman–Crippen MR) is 77.3 cm³/mol. The minimum atomic E-state index is 0.631. The number of hydrogen-bond acceptors (Lipinski definition) is 5. The minimum absolute atomic E-state index is 0.631. The summed E-state index contributed by atoms with van der Waals surface area (Å²) in [7, 11) is 0. The van der Waals surface area contributed by atoms with E-state index in [0.29, 0.717) is 24.0 Å². The fourth-order valence-corrected chi connectivity index (χ4v) is 2.34. The summed E-state index contributed by atoms with van der Waals surface area (Å²) < 4.78 is 5.16. The Bertz CT molecular complexity index is 501. The molecule has 0 atom stereocenters. The van der Waals surface area contributed by atoms with Crippen molar-refractivity contribution >= 4 is 23.4 Å². The molecule has 4 nitrogen and oxygen atoms in total. The maximum atomic E-state index is 5.84. The molecule has 19 heavy (non-hydrogen) atoms. The van der Waals surface area contributed by atoms with Crippen LogP contribution >= 0.6 is 23.4 Å². The molecule has 2 aromatic rings. The molecule has 0 radical (unpaired) electrons. The highest BCUT2D eigenvalue weighted by molar-refractivity contribution is 7.98. The smallest absolute Gasteiger partial charge is 0.240 e. The van der Waals surface area contributed by atoms with Gasteiger partial charge in [0.1, 0.15) is 0 Å². The largest absolute Gasteiger partial charge is 0.338 e. The van der Waals surface area contributed by atoms with E-state index in [1.54, 1.807) is 11.8 Å². The van der Waals surface area contributed by atoms with E-state index in [1.807, 2.05) is 24.3 Å². The Morgan fingerprint density at radius 3 is 2.84 bits per heavy atom. The third-order valence-electron chi connectivity index (χ3n) is 2.39. The SMILES string of the molecule is CCCNCc1nc(CSc2ccc(Cl)cc2)no1. The molecule has 0 aliphatic carbocycles. The zero-order valence-corrected chi connectivity index (χ0v) is 12.3. The minimum Gasteiger partial charge on any atom is -0.338 e. The first kappa shape index (κ1) is 14.4. The van der Waals surface area contributed by atoms with Gasteiger partial charge in [-0.3, -0.25) is 0 Å². The molecule has 0 bridgehead atoms. The fraction of sp³-hybridized carbons (Fsp3) is 0.385. The first-order valence-electron chi connectivity index (χ1n) is 6.18. The van der Waals surface area contributed by atoms with Gasteiger partial charge in [0.05, 0.1) is 12.3 Å². The summed E-state index contributed by atoms with van der Waals surface area (Å²) in [4.78, 5) is 5.47. The van der Waals surface area contributed by atoms with Gasteiger partial charge in [-0.05, 0) is 37.2 Å². The zero-order chi connectivity index (χ0) is 13.5. The molecule has 1 heterocycles. The van der Waals surface area contributed by atoms with Gasteiger partial charge in [0.15, 0.2) is 5.82 Å². The van der Waals surface area contributed by atoms with Crippen LogP contribution in [0.25, 0.3) is 0 Å². The van der Waals surface area contributed by atoms with Crippen LogP contribution in [0.1, 0.15) is 25.1 Å². The van der Waals surface area contributed by atoms with Gasteiger partial charge < -0.3 is 9.84 Å². The summed E-state index contributed by atoms with van der Waals surface area (Å²) in [5.74, 6) is 2.05. The predicted octanol–water partition coefficient (Wildman–Crippen LogP) is 3.51. The van der Waals surface area contributed by atoms with Crippen LogP contribution in [0.5, 0.6) is 0 Å². The van der Waals surface area contributed by atoms with Gasteiger partial charge in [0.2, 0.25) is 5.89 Å². The lowest BCUT2D eigenvalue weighted by Gasteiger charge is -1.98. The highest BCUT2D eigenvalue weighted by Crippen LogP contribution is 2.23. The van der Waals surface area contributed by atoms with Gasteiger partial charge in [-0.1, -0.05) is 23.7 Å². The average Bonchev–Trinajstić information content (AvgIpc) is 2.86. The number of thioether (sulfide) groups is 1. The molecule has 0 fully saturated rings. The maximum Gasteiger partial charge on any atom is 0.240 e. The first-order valence-corrected chi connectivity index (χ1v) is 7.55. The fourth-order valence-electron chi connectivity index (χ4n) is 1.47. The molecule has 1 aromatic heterocycles. The maximum absolute atomic E-state index is 5.84. The third kappa shape index (κ3) is 4.86. The highest BCUT2D eigenvalue weighted by atomic mass is 35.5. The van der Waals surface area contributed by atoms with Crippen LogP contribution in [-0.4, -0.2) is 16.7 Å². The van der Waals surface area contributed by atoms with Gasteiger partial charge >= 0.3 is 0 Å². The second kappa shape index (κ2) is 7.53. The number of nitrogens with zero attached hydrogens (tertiary/aromatic N) is 2. The molecular weight excluding hydrogens is 282 g/mol. The monoisotopic (exact) mass is 297 g/mol. The third-order valence-corrected chi connectivity index (χ3v) is 3.65. The van der Waals surface area contributed by atoms with E-state index in [2.05, 4.69) is 22.4 Å². The van der Waals surface area contributed by atoms with Crippen LogP contribution in [-0.2, 0) is 12.3 Å². The van der Waals surface area contributed by atoms with Crippen LogP contribution in [0.3, 0.4) is 0 Å². The highest BCUT2D eigenvalue weighted by Gasteiger charge is 2.06. The summed E-state index contributed by atoms with van der Waals surface area (Å²) >= 11 is 7.50. The van der Waals surface area contributed by atoms with Crippen LogP contribution < -0.4 is 5.32 Å². The van der Waals surface area contributed by atoms with E-state index in [9.17, 15) is 0 Å². The number of aromatic nitrogens is 2. The molecular formula is C13H16ClN3OS. The summed E-state index contributed by atoms with van der Waals surface area (Å²) in [5, 5.41) is 7.93. The lowest BCUT2D eigenvalue weighted by molar-refractivity contribution is 0.364. The van der Waals surface area contributed by atoms with Crippen LogP contribution in [0, 0.1) is 0 Å². The number of hydrogen-bond donors (Lipinski definition) is 1. The number of nitrogens with one attached hydrogen (secondary N) is 1. The van der Waals surface area contributed by atoms with Crippen LogP contribution in [0.2, 0.25) is 5.02 Å². The van der Waals surface area contributed by atoms with E-state index in [1.165, 1.54) is 0 Å². The number of benzene rings is 1. The molecule has 0 amide bonds. The Kier molecular flexibility index (Phi) is 5.69. The van der Waals surface area contributed by atoms with Gasteiger partial charge in [0, 0.05) is 9.92 Å². The summed E-state index contributed by atoms with van der Waals surface area (Å²) in [5.41, 5.74) is 0. The van der Waals surface area contributed by atoms with E-state index in [-0.39, 0.29) is 0 Å². The molecule has 0 spiro atoms. The lowest BCUT2D eigenvalue weighted by Crippen LogP contribution is -2.13. The second-order valence-corrected chi connectivity index (χ2v) is 5.51. The molecule has 0 unspecified atom stereocenters. The van der Waals surface area contributed by atoms with E-state index in [0.717, 1.165) is 22.9 Å². The van der Waals surface area contributed by atoms with Crippen molar-refractivity contribution in [1.82, 2.24) is 15.5 Å². The molecule has 1 N–H and O–H groups in total. The normalized spacial score (nSPS) is 10.8. The molecule has 2 rings (SSSR count). The van der Waals surface area contributed by atoms with Crippen molar-refractivity contribution in [3.8, 4) is 0 Å². The van der Waals surface area contributed by atoms with Crippen molar-refractivity contribution in [2.24, 2.45) is 0 Å². The summed E-state index contributed by atoms with van der Waals surface area (Å²) in [6, 6.07) is 7.72. The molecule has 0 saturated heterocycles. The molecule has 102 valence electrons. The van der Waals surface area contributed by atoms with Crippen LogP contribution in [0.4, 0.5) is 0 Å². The molecule has 6 heteroatoms. The Morgan fingerprint density at radius 2 is 2.11 bits per heavy atom. The Labute approximate surface area is 121 Å². The van der Waals surface area contributed by atoms with Gasteiger partial charge in [-0.2, -0.15) is 4.98 Å². The molecule has 0 aliphatic heterocycles. The quantitative estimate of drug-likeness (QED) is 0.626. The van der Waals surface area contributed by atoms with Gasteiger partial charge in [-0.15, -0.1) is 11.8 Å². The molecule has 0 aliphatic rings. The van der Waals surface area contributed by atoms with E-state index >= 15 is 0 Å². The van der Waals surface area contributed by atoms with Crippen molar-refractivity contribution in [3.63, 3.8) is 0 Å².